The fourth-order valence-electron chi connectivity index (χ4n) is 6.03. The Morgan fingerprint density at radius 3 is 2.60 bits per heavy atom. The summed E-state index contributed by atoms with van der Waals surface area (Å²) < 4.78 is 0. The summed E-state index contributed by atoms with van der Waals surface area (Å²) >= 11 is 0. The number of nitrogens with zero attached hydrogens (tertiary/aromatic N) is 1. The average Bonchev–Trinajstić information content (AvgIpc) is 2.94. The summed E-state index contributed by atoms with van der Waals surface area (Å²) in [5.74, 6) is 1.50. The van der Waals surface area contributed by atoms with Crippen LogP contribution in [0.25, 0.3) is 0 Å². The molecule has 1 saturated carbocycles. The van der Waals surface area contributed by atoms with Crippen LogP contribution in [0.2, 0.25) is 0 Å². The van der Waals surface area contributed by atoms with E-state index in [9.17, 15) is 9.59 Å². The molecule has 5 atom stereocenters. The van der Waals surface area contributed by atoms with Gasteiger partial charge < -0.3 is 10.6 Å². The quantitative estimate of drug-likeness (QED) is 0.692. The maximum atomic E-state index is 13.6. The third-order valence-electron chi connectivity index (χ3n) is 7.44. The monoisotopic (exact) mass is 411 g/mol. The van der Waals surface area contributed by atoms with Crippen molar-refractivity contribution in [1.29, 1.82) is 0 Å². The summed E-state index contributed by atoms with van der Waals surface area (Å²) in [5.41, 5.74) is 0.477. The van der Waals surface area contributed by atoms with E-state index < -0.39 is 5.54 Å². The number of amides is 2. The van der Waals surface area contributed by atoms with Crippen LogP contribution in [0.5, 0.6) is 0 Å². The lowest BCUT2D eigenvalue weighted by molar-refractivity contribution is -0.154. The van der Waals surface area contributed by atoms with Crippen LogP contribution in [-0.4, -0.2) is 47.9 Å². The number of piperidine rings is 2. The topological polar surface area (TPSA) is 61.4 Å². The molecule has 3 saturated heterocycles. The summed E-state index contributed by atoms with van der Waals surface area (Å²) in [4.78, 5) is 29.2. The number of rotatable bonds is 8. The molecule has 5 heteroatoms. The highest BCUT2D eigenvalue weighted by molar-refractivity contribution is 5.97. The number of carbonyl (C=O) groups excluding carboxylic acids is 2. The van der Waals surface area contributed by atoms with E-state index >= 15 is 0 Å². The summed E-state index contributed by atoms with van der Waals surface area (Å²) in [7, 11) is 0. The summed E-state index contributed by atoms with van der Waals surface area (Å²) in [6.45, 7) is 11.3. The van der Waals surface area contributed by atoms with Gasteiger partial charge in [-0.25, -0.2) is 0 Å². The second-order valence-electron chi connectivity index (χ2n) is 10.5. The van der Waals surface area contributed by atoms with E-state index in [2.05, 4.69) is 67.5 Å². The molecule has 3 aliphatic heterocycles. The molecule has 5 nitrogen and oxygen atoms in total. The van der Waals surface area contributed by atoms with Crippen LogP contribution in [0, 0.1) is 29.6 Å². The van der Waals surface area contributed by atoms with Crippen molar-refractivity contribution in [3.05, 3.63) is 35.9 Å². The highest BCUT2D eigenvalue weighted by Gasteiger charge is 2.70. The number of nitrogens with one attached hydrogen (secondary N) is 2. The maximum absolute atomic E-state index is 13.6. The van der Waals surface area contributed by atoms with Gasteiger partial charge in [0.25, 0.3) is 0 Å². The third kappa shape index (κ3) is 3.66. The van der Waals surface area contributed by atoms with E-state index in [-0.39, 0.29) is 35.6 Å². The van der Waals surface area contributed by atoms with Crippen LogP contribution in [0.3, 0.4) is 0 Å². The van der Waals surface area contributed by atoms with Crippen molar-refractivity contribution in [1.82, 2.24) is 15.5 Å². The summed E-state index contributed by atoms with van der Waals surface area (Å²) in [6.07, 6.45) is 2.80. The average molecular weight is 412 g/mol. The molecule has 1 aliphatic carbocycles. The number of hydrogen-bond acceptors (Lipinski definition) is 3. The van der Waals surface area contributed by atoms with Gasteiger partial charge >= 0.3 is 0 Å². The Labute approximate surface area is 181 Å². The lowest BCUT2D eigenvalue weighted by atomic mass is 9.58. The molecule has 4 fully saturated rings. The zero-order valence-corrected chi connectivity index (χ0v) is 18.9. The van der Waals surface area contributed by atoms with Crippen molar-refractivity contribution in [3.8, 4) is 0 Å². The van der Waals surface area contributed by atoms with Crippen LogP contribution in [0.15, 0.2) is 30.3 Å². The van der Waals surface area contributed by atoms with Gasteiger partial charge in [-0.1, -0.05) is 58.0 Å². The van der Waals surface area contributed by atoms with Crippen LogP contribution in [0.4, 0.5) is 0 Å². The number of carbonyl (C=O) groups is 2. The van der Waals surface area contributed by atoms with E-state index in [0.717, 1.165) is 32.4 Å². The third-order valence-corrected chi connectivity index (χ3v) is 7.44. The minimum atomic E-state index is -0.781. The largest absolute Gasteiger partial charge is 0.354 e. The Hall–Kier alpha value is -1.88. The SMILES string of the molecule is CC(C)CCN1C[C@@H]2C[C@H]3C(=O)N[C@]2(C(=O)NCC(C)C)C1[C@@H]3Cc1ccccc1. The van der Waals surface area contributed by atoms with Gasteiger partial charge in [0.15, 0.2) is 0 Å². The number of hydrogen-bond donors (Lipinski definition) is 2. The zero-order chi connectivity index (χ0) is 21.5. The van der Waals surface area contributed by atoms with Crippen LogP contribution < -0.4 is 10.6 Å². The fourth-order valence-corrected chi connectivity index (χ4v) is 6.03. The minimum absolute atomic E-state index is 0.00373. The van der Waals surface area contributed by atoms with E-state index in [0.29, 0.717) is 18.4 Å². The van der Waals surface area contributed by atoms with Gasteiger partial charge in [-0.3, -0.25) is 14.5 Å². The van der Waals surface area contributed by atoms with Crippen LogP contribution >= 0.6 is 0 Å². The van der Waals surface area contributed by atoms with Gasteiger partial charge in [-0.15, -0.1) is 0 Å². The second kappa shape index (κ2) is 8.33. The first-order valence-corrected chi connectivity index (χ1v) is 11.7. The molecule has 164 valence electrons. The predicted molar refractivity (Wildman–Crippen MR) is 119 cm³/mol. The fraction of sp³-hybridized carbons (Fsp3) is 0.680. The Morgan fingerprint density at radius 1 is 1.20 bits per heavy atom. The molecule has 4 bridgehead atoms. The molecule has 0 aromatic heterocycles. The first kappa shape index (κ1) is 21.4. The van der Waals surface area contributed by atoms with Gasteiger partial charge in [-0.05, 0) is 49.1 Å². The lowest BCUT2D eigenvalue weighted by Crippen LogP contribution is -2.78. The van der Waals surface area contributed by atoms with Gasteiger partial charge in [0.05, 0.1) is 0 Å². The molecule has 0 radical (unpaired) electrons. The predicted octanol–water partition coefficient (Wildman–Crippen LogP) is 2.85. The van der Waals surface area contributed by atoms with E-state index in [1.54, 1.807) is 0 Å². The number of fused-ring (bicyclic) bond motifs is 1. The molecule has 0 spiro atoms. The molecule has 3 heterocycles. The molecule has 1 aromatic rings. The van der Waals surface area contributed by atoms with Gasteiger partial charge in [-0.2, -0.15) is 0 Å². The molecule has 2 N–H and O–H groups in total. The van der Waals surface area contributed by atoms with E-state index in [4.69, 9.17) is 0 Å². The van der Waals surface area contributed by atoms with Crippen molar-refractivity contribution in [2.24, 2.45) is 29.6 Å². The van der Waals surface area contributed by atoms with E-state index in [1.807, 2.05) is 6.07 Å². The van der Waals surface area contributed by atoms with Gasteiger partial charge in [0.1, 0.15) is 5.54 Å². The first-order valence-electron chi connectivity index (χ1n) is 11.7. The van der Waals surface area contributed by atoms with Crippen molar-refractivity contribution in [2.75, 3.05) is 19.6 Å². The maximum Gasteiger partial charge on any atom is 0.247 e. The Balaban J connectivity index is 1.68. The molecule has 5 rings (SSSR count). The minimum Gasteiger partial charge on any atom is -0.354 e. The normalized spacial score (nSPS) is 32.7. The standard InChI is InChI=1S/C25H37N3O2/c1-16(2)10-11-28-15-19-13-21-20(12-18-8-6-5-7-9-18)22(28)25(19,27-23(21)29)24(30)26-14-17(3)4/h5-9,16-17,19-22H,10-15H2,1-4H3,(H,26,30)(H,27,29)/t19-,20+,21+,22?,25-/m0/s1. The molecule has 2 amide bonds. The lowest BCUT2D eigenvalue weighted by Gasteiger charge is -2.55. The van der Waals surface area contributed by atoms with Crippen molar-refractivity contribution in [3.63, 3.8) is 0 Å². The molecule has 1 aromatic carbocycles. The molecule has 1 unspecified atom stereocenters. The van der Waals surface area contributed by atoms with Crippen molar-refractivity contribution in [2.45, 2.75) is 58.5 Å². The van der Waals surface area contributed by atoms with Crippen molar-refractivity contribution >= 4 is 11.8 Å². The molecular formula is C25H37N3O2. The van der Waals surface area contributed by atoms with Crippen LogP contribution in [0.1, 0.15) is 46.1 Å². The molecular weight excluding hydrogens is 374 g/mol. The zero-order valence-electron chi connectivity index (χ0n) is 18.9. The smallest absolute Gasteiger partial charge is 0.247 e. The molecule has 30 heavy (non-hydrogen) atoms. The van der Waals surface area contributed by atoms with Crippen LogP contribution in [-0.2, 0) is 16.0 Å². The molecule has 4 aliphatic rings. The van der Waals surface area contributed by atoms with Crippen molar-refractivity contribution < 1.29 is 9.59 Å². The Morgan fingerprint density at radius 2 is 1.93 bits per heavy atom. The van der Waals surface area contributed by atoms with Gasteiger partial charge in [0, 0.05) is 31.0 Å². The van der Waals surface area contributed by atoms with Gasteiger partial charge in [0.2, 0.25) is 11.8 Å². The number of likely N-dealkylation sites (tertiary alicyclic amines) is 1. The highest BCUT2D eigenvalue weighted by Crippen LogP contribution is 2.53. The first-order chi connectivity index (χ1) is 14.3. The Kier molecular flexibility index (Phi) is 5.93. The number of benzene rings is 1. The highest BCUT2D eigenvalue weighted by atomic mass is 16.2. The van der Waals surface area contributed by atoms with E-state index in [1.165, 1.54) is 5.56 Å². The Bertz CT molecular complexity index is 778. The summed E-state index contributed by atoms with van der Waals surface area (Å²) in [5, 5.41) is 6.43. The second-order valence-corrected chi connectivity index (χ2v) is 10.5. The summed E-state index contributed by atoms with van der Waals surface area (Å²) in [6, 6.07) is 10.5.